The third-order valence-corrected chi connectivity index (χ3v) is 3.71. The molecule has 0 aliphatic heterocycles. The zero-order valence-corrected chi connectivity index (χ0v) is 15.5. The Hall–Kier alpha value is -1.09. The van der Waals surface area contributed by atoms with E-state index in [9.17, 15) is 0 Å². The summed E-state index contributed by atoms with van der Waals surface area (Å²) in [6.45, 7) is 7.39. The second-order valence-corrected chi connectivity index (χ2v) is 5.78. The van der Waals surface area contributed by atoms with E-state index in [4.69, 9.17) is 0 Å². The van der Waals surface area contributed by atoms with Gasteiger partial charge in [-0.1, -0.05) is 0 Å². The molecule has 0 saturated heterocycles. The molecule has 0 aromatic carbocycles. The second-order valence-electron chi connectivity index (χ2n) is 4.40. The highest BCUT2D eigenvalue weighted by atomic mass is 127. The van der Waals surface area contributed by atoms with Crippen molar-refractivity contribution >= 4 is 41.3 Å². The van der Waals surface area contributed by atoms with E-state index in [1.54, 1.807) is 17.5 Å². The minimum absolute atomic E-state index is 0. The van der Waals surface area contributed by atoms with E-state index in [1.165, 1.54) is 9.75 Å². The van der Waals surface area contributed by atoms with Crippen LogP contribution in [0.1, 0.15) is 16.7 Å². The fraction of sp³-hybridized carbons (Fsp3) is 0.429. The Kier molecular flexibility index (Phi) is 8.36. The molecule has 21 heavy (non-hydrogen) atoms. The number of guanidine groups is 1. The maximum atomic E-state index is 4.59. The molecular weight excluding hydrogens is 397 g/mol. The summed E-state index contributed by atoms with van der Waals surface area (Å²) in [6.07, 6.45) is 3.75. The van der Waals surface area contributed by atoms with Crippen LogP contribution in [0.2, 0.25) is 0 Å². The van der Waals surface area contributed by atoms with Gasteiger partial charge in [0.05, 0.1) is 13.1 Å². The summed E-state index contributed by atoms with van der Waals surface area (Å²) in [4.78, 5) is 7.20. The third-order valence-electron chi connectivity index (χ3n) is 2.73. The van der Waals surface area contributed by atoms with Gasteiger partial charge in [-0.25, -0.2) is 4.99 Å². The molecule has 5 nitrogen and oxygen atoms in total. The normalized spacial score (nSPS) is 11.0. The molecule has 0 fully saturated rings. The lowest BCUT2D eigenvalue weighted by molar-refractivity contribution is 0.598. The fourth-order valence-corrected chi connectivity index (χ4v) is 2.61. The van der Waals surface area contributed by atoms with Crippen molar-refractivity contribution in [3.63, 3.8) is 0 Å². The van der Waals surface area contributed by atoms with Crippen molar-refractivity contribution in [3.05, 3.63) is 40.3 Å². The van der Waals surface area contributed by atoms with E-state index in [0.29, 0.717) is 0 Å². The van der Waals surface area contributed by atoms with Gasteiger partial charge in [0.15, 0.2) is 5.96 Å². The molecule has 0 amide bonds. The Labute approximate surface area is 146 Å². The van der Waals surface area contributed by atoms with E-state index < -0.39 is 0 Å². The Morgan fingerprint density at radius 2 is 2.24 bits per heavy atom. The van der Waals surface area contributed by atoms with Gasteiger partial charge >= 0.3 is 0 Å². The Morgan fingerprint density at radius 3 is 2.86 bits per heavy atom. The quantitative estimate of drug-likeness (QED) is 0.430. The van der Waals surface area contributed by atoms with Crippen LogP contribution in [0.25, 0.3) is 0 Å². The van der Waals surface area contributed by atoms with Gasteiger partial charge in [0, 0.05) is 35.2 Å². The van der Waals surface area contributed by atoms with Crippen LogP contribution in [0.15, 0.2) is 35.6 Å². The van der Waals surface area contributed by atoms with Gasteiger partial charge in [0.2, 0.25) is 0 Å². The minimum atomic E-state index is 0. The first-order valence-electron chi connectivity index (χ1n) is 6.83. The molecule has 2 aromatic heterocycles. The van der Waals surface area contributed by atoms with Crippen molar-refractivity contribution in [2.75, 3.05) is 13.1 Å². The smallest absolute Gasteiger partial charge is 0.191 e. The average molecular weight is 419 g/mol. The summed E-state index contributed by atoms with van der Waals surface area (Å²) in [5, 5.41) is 10.7. The molecule has 0 aliphatic rings. The number of nitrogens with one attached hydrogen (secondary N) is 2. The van der Waals surface area contributed by atoms with Crippen LogP contribution in [-0.2, 0) is 13.1 Å². The van der Waals surface area contributed by atoms with Crippen molar-refractivity contribution in [3.8, 4) is 0 Å². The Morgan fingerprint density at radius 1 is 1.38 bits per heavy atom. The molecule has 0 saturated carbocycles. The summed E-state index contributed by atoms with van der Waals surface area (Å²) in [7, 11) is 0. The van der Waals surface area contributed by atoms with E-state index >= 15 is 0 Å². The molecule has 0 aliphatic carbocycles. The Balaban J connectivity index is 0.00000220. The Bertz CT molecular complexity index is 535. The molecule has 0 radical (unpaired) electrons. The van der Waals surface area contributed by atoms with Crippen molar-refractivity contribution in [1.82, 2.24) is 20.4 Å². The SMILES string of the molecule is CCNC(=NCc1ccc(C)s1)NCCn1cccn1.I. The third kappa shape index (κ3) is 6.47. The first-order chi connectivity index (χ1) is 9.78. The predicted octanol–water partition coefficient (Wildman–Crippen LogP) is 2.63. The number of rotatable bonds is 6. The highest BCUT2D eigenvalue weighted by Gasteiger charge is 1.99. The summed E-state index contributed by atoms with van der Waals surface area (Å²) < 4.78 is 1.90. The number of aryl methyl sites for hydroxylation is 1. The van der Waals surface area contributed by atoms with E-state index in [2.05, 4.69) is 46.7 Å². The predicted molar refractivity (Wildman–Crippen MR) is 99.5 cm³/mol. The van der Waals surface area contributed by atoms with Crippen LogP contribution in [0, 0.1) is 6.92 Å². The van der Waals surface area contributed by atoms with Gasteiger partial charge in [0.1, 0.15) is 0 Å². The van der Waals surface area contributed by atoms with Crippen LogP contribution >= 0.6 is 35.3 Å². The molecule has 0 spiro atoms. The van der Waals surface area contributed by atoms with Gasteiger partial charge in [-0.2, -0.15) is 5.10 Å². The molecule has 116 valence electrons. The van der Waals surface area contributed by atoms with Crippen molar-refractivity contribution in [2.45, 2.75) is 26.9 Å². The van der Waals surface area contributed by atoms with E-state index in [1.807, 2.05) is 16.9 Å². The average Bonchev–Trinajstić information content (AvgIpc) is 3.07. The summed E-state index contributed by atoms with van der Waals surface area (Å²) in [5.41, 5.74) is 0. The number of aliphatic imine (C=N–C) groups is 1. The highest BCUT2D eigenvalue weighted by Crippen LogP contribution is 2.15. The standard InChI is InChI=1S/C14H21N5S.HI/c1-3-15-14(16-8-10-19-9-4-7-18-19)17-11-13-6-5-12(2)20-13;/h4-7,9H,3,8,10-11H2,1-2H3,(H2,15,16,17);1H. The molecule has 7 heteroatoms. The number of aromatic nitrogens is 2. The molecule has 0 atom stereocenters. The molecule has 2 N–H and O–H groups in total. The lowest BCUT2D eigenvalue weighted by Crippen LogP contribution is -2.38. The van der Waals surface area contributed by atoms with E-state index in [-0.39, 0.29) is 24.0 Å². The maximum absolute atomic E-state index is 4.59. The van der Waals surface area contributed by atoms with Gasteiger partial charge in [-0.15, -0.1) is 35.3 Å². The zero-order chi connectivity index (χ0) is 14.2. The van der Waals surface area contributed by atoms with Crippen molar-refractivity contribution in [1.29, 1.82) is 0 Å². The van der Waals surface area contributed by atoms with Gasteiger partial charge < -0.3 is 10.6 Å². The zero-order valence-electron chi connectivity index (χ0n) is 12.4. The van der Waals surface area contributed by atoms with Crippen molar-refractivity contribution in [2.24, 2.45) is 4.99 Å². The topological polar surface area (TPSA) is 54.2 Å². The summed E-state index contributed by atoms with van der Waals surface area (Å²) in [6, 6.07) is 6.20. The molecule has 2 rings (SSSR count). The largest absolute Gasteiger partial charge is 0.357 e. The molecule has 0 bridgehead atoms. The minimum Gasteiger partial charge on any atom is -0.357 e. The number of nitrogens with zero attached hydrogens (tertiary/aromatic N) is 3. The molecule has 0 unspecified atom stereocenters. The van der Waals surface area contributed by atoms with Gasteiger partial charge in [-0.3, -0.25) is 4.68 Å². The fourth-order valence-electron chi connectivity index (χ4n) is 1.79. The maximum Gasteiger partial charge on any atom is 0.191 e. The molecular formula is C14H22IN5S. The molecule has 2 heterocycles. The van der Waals surface area contributed by atoms with Crippen molar-refractivity contribution < 1.29 is 0 Å². The van der Waals surface area contributed by atoms with Gasteiger partial charge in [-0.05, 0) is 32.0 Å². The second kappa shape index (κ2) is 9.78. The lowest BCUT2D eigenvalue weighted by atomic mass is 10.4. The van der Waals surface area contributed by atoms with Crippen LogP contribution in [0.4, 0.5) is 0 Å². The number of halogens is 1. The summed E-state index contributed by atoms with van der Waals surface area (Å²) >= 11 is 1.79. The number of hydrogen-bond donors (Lipinski definition) is 2. The van der Waals surface area contributed by atoms with Crippen LogP contribution in [0.5, 0.6) is 0 Å². The van der Waals surface area contributed by atoms with Gasteiger partial charge in [0.25, 0.3) is 0 Å². The van der Waals surface area contributed by atoms with Crippen LogP contribution in [-0.4, -0.2) is 28.8 Å². The highest BCUT2D eigenvalue weighted by molar-refractivity contribution is 14.0. The van der Waals surface area contributed by atoms with Crippen LogP contribution in [0.3, 0.4) is 0 Å². The van der Waals surface area contributed by atoms with E-state index in [0.717, 1.165) is 32.1 Å². The lowest BCUT2D eigenvalue weighted by Gasteiger charge is -2.11. The summed E-state index contributed by atoms with van der Waals surface area (Å²) in [5.74, 6) is 0.853. The number of thiophene rings is 1. The first kappa shape index (κ1) is 18.0. The monoisotopic (exact) mass is 419 g/mol. The number of hydrogen-bond acceptors (Lipinski definition) is 3. The first-order valence-corrected chi connectivity index (χ1v) is 7.64. The van der Waals surface area contributed by atoms with Crippen LogP contribution < -0.4 is 10.6 Å². The molecule has 2 aromatic rings.